The number of rotatable bonds is 2. The molecule has 78 valence electrons. The molecule has 2 heteroatoms. The molecule has 0 atom stereocenters. The monoisotopic (exact) mass is 225 g/mol. The first-order valence-corrected chi connectivity index (χ1v) is 5.90. The Labute approximate surface area is 99.5 Å². The van der Waals surface area contributed by atoms with Gasteiger partial charge in [0.25, 0.3) is 0 Å². The fraction of sp³-hybridized carbons (Fsp3) is 0.0714. The Balaban J connectivity index is 1.87. The van der Waals surface area contributed by atoms with Crippen molar-refractivity contribution >= 4 is 17.6 Å². The summed E-state index contributed by atoms with van der Waals surface area (Å²) in [5.41, 5.74) is 1.11. The van der Waals surface area contributed by atoms with Crippen molar-refractivity contribution < 1.29 is 0 Å². The van der Waals surface area contributed by atoms with Gasteiger partial charge < -0.3 is 0 Å². The molecule has 1 nitrogen and oxygen atoms in total. The fourth-order valence-corrected chi connectivity index (χ4v) is 1.80. The lowest BCUT2D eigenvalue weighted by atomic mass is 10.2. The molecule has 16 heavy (non-hydrogen) atoms. The van der Waals surface area contributed by atoms with Gasteiger partial charge in [0.05, 0.1) is 4.88 Å². The summed E-state index contributed by atoms with van der Waals surface area (Å²) in [6, 6.07) is 14.1. The average molecular weight is 225 g/mol. The van der Waals surface area contributed by atoms with Crippen LogP contribution in [-0.4, -0.2) is 12.8 Å². The number of aliphatic imine (C=N–C) groups is 1. The van der Waals surface area contributed by atoms with Crippen LogP contribution in [0, 0.1) is 11.8 Å². The largest absolute Gasteiger partial charge is 0.280 e. The molecule has 1 aromatic heterocycles. The van der Waals surface area contributed by atoms with Crippen molar-refractivity contribution in [2.24, 2.45) is 4.99 Å². The smallest absolute Gasteiger partial charge is 0.100 e. The van der Waals surface area contributed by atoms with Crippen molar-refractivity contribution in [3.8, 4) is 11.8 Å². The van der Waals surface area contributed by atoms with Crippen LogP contribution in [0.5, 0.6) is 0 Å². The van der Waals surface area contributed by atoms with E-state index in [1.807, 2.05) is 54.1 Å². The SMILES string of the molecule is C(#Cc1cccs1)C/N=C/c1ccccc1. The summed E-state index contributed by atoms with van der Waals surface area (Å²) in [6.07, 6.45) is 1.85. The van der Waals surface area contributed by atoms with Gasteiger partial charge in [-0.05, 0) is 17.0 Å². The third kappa shape index (κ3) is 3.38. The number of nitrogens with zero attached hydrogens (tertiary/aromatic N) is 1. The van der Waals surface area contributed by atoms with E-state index in [2.05, 4.69) is 16.8 Å². The molecule has 0 fully saturated rings. The summed E-state index contributed by atoms with van der Waals surface area (Å²) < 4.78 is 0. The quantitative estimate of drug-likeness (QED) is 0.549. The van der Waals surface area contributed by atoms with Crippen LogP contribution < -0.4 is 0 Å². The van der Waals surface area contributed by atoms with E-state index in [1.165, 1.54) is 0 Å². The van der Waals surface area contributed by atoms with E-state index in [1.54, 1.807) is 11.3 Å². The number of thiophene rings is 1. The molecule has 2 rings (SSSR count). The van der Waals surface area contributed by atoms with Gasteiger partial charge >= 0.3 is 0 Å². The van der Waals surface area contributed by atoms with Crippen molar-refractivity contribution in [3.05, 3.63) is 58.3 Å². The molecule has 0 radical (unpaired) electrons. The molecule has 0 N–H and O–H groups in total. The maximum atomic E-state index is 4.25. The van der Waals surface area contributed by atoms with E-state index in [0.29, 0.717) is 6.54 Å². The summed E-state index contributed by atoms with van der Waals surface area (Å²) in [6.45, 7) is 0.548. The normalized spacial score (nSPS) is 10.0. The first-order valence-electron chi connectivity index (χ1n) is 5.02. The van der Waals surface area contributed by atoms with Gasteiger partial charge in [0.2, 0.25) is 0 Å². The molecule has 1 heterocycles. The molecular formula is C14H11NS. The predicted octanol–water partition coefficient (Wildman–Crippen LogP) is 3.22. The average Bonchev–Trinajstić information content (AvgIpc) is 2.83. The van der Waals surface area contributed by atoms with E-state index in [-0.39, 0.29) is 0 Å². The van der Waals surface area contributed by atoms with E-state index in [4.69, 9.17) is 0 Å². The van der Waals surface area contributed by atoms with E-state index in [0.717, 1.165) is 10.4 Å². The first kappa shape index (κ1) is 10.7. The lowest BCUT2D eigenvalue weighted by Gasteiger charge is -1.88. The molecule has 0 saturated carbocycles. The molecule has 0 saturated heterocycles. The van der Waals surface area contributed by atoms with Gasteiger partial charge in [-0.25, -0.2) is 0 Å². The van der Waals surface area contributed by atoms with Crippen LogP contribution in [0.15, 0.2) is 52.8 Å². The highest BCUT2D eigenvalue weighted by Crippen LogP contribution is 2.05. The van der Waals surface area contributed by atoms with Crippen LogP contribution in [0.25, 0.3) is 0 Å². The van der Waals surface area contributed by atoms with Gasteiger partial charge in [0.15, 0.2) is 0 Å². The minimum atomic E-state index is 0.548. The van der Waals surface area contributed by atoms with Crippen LogP contribution >= 0.6 is 11.3 Å². The van der Waals surface area contributed by atoms with E-state index < -0.39 is 0 Å². The fourth-order valence-electron chi connectivity index (χ4n) is 1.21. The molecule has 0 bridgehead atoms. The van der Waals surface area contributed by atoms with Crippen LogP contribution in [0.4, 0.5) is 0 Å². The molecular weight excluding hydrogens is 214 g/mol. The minimum Gasteiger partial charge on any atom is -0.280 e. The molecule has 0 spiro atoms. The van der Waals surface area contributed by atoms with Crippen molar-refractivity contribution in [3.63, 3.8) is 0 Å². The first-order chi connectivity index (χ1) is 7.95. The standard InChI is InChI=1S/C14H11NS/c1-2-6-13(7-3-1)12-15-10-4-8-14-9-5-11-16-14/h1-3,5-7,9,11-12H,10H2/b15-12+. The minimum absolute atomic E-state index is 0.548. The zero-order valence-corrected chi connectivity index (χ0v) is 9.58. The Morgan fingerprint density at radius 3 is 2.75 bits per heavy atom. The van der Waals surface area contributed by atoms with Crippen LogP contribution in [0.1, 0.15) is 10.4 Å². The second kappa shape index (κ2) is 5.89. The zero-order valence-electron chi connectivity index (χ0n) is 8.76. The van der Waals surface area contributed by atoms with Crippen LogP contribution in [0.3, 0.4) is 0 Å². The van der Waals surface area contributed by atoms with E-state index >= 15 is 0 Å². The Morgan fingerprint density at radius 2 is 2.00 bits per heavy atom. The zero-order chi connectivity index (χ0) is 11.1. The lowest BCUT2D eigenvalue weighted by molar-refractivity contribution is 1.30. The van der Waals surface area contributed by atoms with Crippen molar-refractivity contribution in [2.75, 3.05) is 6.54 Å². The Bertz CT molecular complexity index is 501. The van der Waals surface area contributed by atoms with Gasteiger partial charge in [-0.3, -0.25) is 4.99 Å². The highest BCUT2D eigenvalue weighted by Gasteiger charge is 1.83. The summed E-state index contributed by atoms with van der Waals surface area (Å²) in [7, 11) is 0. The highest BCUT2D eigenvalue weighted by atomic mass is 32.1. The summed E-state index contributed by atoms with van der Waals surface area (Å²) in [5.74, 6) is 6.09. The maximum absolute atomic E-state index is 4.25. The van der Waals surface area contributed by atoms with Crippen LogP contribution in [-0.2, 0) is 0 Å². The third-order valence-corrected chi connectivity index (χ3v) is 2.73. The van der Waals surface area contributed by atoms with Crippen LogP contribution in [0.2, 0.25) is 0 Å². The summed E-state index contributed by atoms with van der Waals surface area (Å²) in [4.78, 5) is 5.34. The Morgan fingerprint density at radius 1 is 1.12 bits per heavy atom. The van der Waals surface area contributed by atoms with Gasteiger partial charge in [-0.1, -0.05) is 48.2 Å². The topological polar surface area (TPSA) is 12.4 Å². The predicted molar refractivity (Wildman–Crippen MR) is 70.1 cm³/mol. The third-order valence-electron chi connectivity index (χ3n) is 1.94. The number of benzene rings is 1. The highest BCUT2D eigenvalue weighted by molar-refractivity contribution is 7.10. The van der Waals surface area contributed by atoms with Gasteiger partial charge in [-0.15, -0.1) is 11.3 Å². The lowest BCUT2D eigenvalue weighted by Crippen LogP contribution is -1.81. The second-order valence-corrected chi connectivity index (χ2v) is 4.11. The van der Waals surface area contributed by atoms with Gasteiger partial charge in [0, 0.05) is 6.21 Å². The molecule has 0 aliphatic carbocycles. The van der Waals surface area contributed by atoms with Crippen molar-refractivity contribution in [2.45, 2.75) is 0 Å². The Hall–Kier alpha value is -1.85. The maximum Gasteiger partial charge on any atom is 0.100 e. The van der Waals surface area contributed by atoms with Gasteiger partial charge in [0.1, 0.15) is 6.54 Å². The summed E-state index contributed by atoms with van der Waals surface area (Å²) in [5, 5.41) is 2.03. The Kier molecular flexibility index (Phi) is 3.93. The molecule has 0 aliphatic heterocycles. The van der Waals surface area contributed by atoms with Crippen molar-refractivity contribution in [1.29, 1.82) is 0 Å². The van der Waals surface area contributed by atoms with Gasteiger partial charge in [-0.2, -0.15) is 0 Å². The molecule has 0 unspecified atom stereocenters. The molecule has 1 aromatic carbocycles. The number of hydrogen-bond donors (Lipinski definition) is 0. The molecule has 2 aromatic rings. The second-order valence-electron chi connectivity index (χ2n) is 3.16. The van der Waals surface area contributed by atoms with Crippen molar-refractivity contribution in [1.82, 2.24) is 0 Å². The number of hydrogen-bond acceptors (Lipinski definition) is 2. The summed E-state index contributed by atoms with van der Waals surface area (Å²) >= 11 is 1.65. The van der Waals surface area contributed by atoms with E-state index in [9.17, 15) is 0 Å². The molecule has 0 aliphatic rings. The molecule has 0 amide bonds.